The fourth-order valence-corrected chi connectivity index (χ4v) is 2.76. The van der Waals surface area contributed by atoms with E-state index >= 15 is 0 Å². The maximum atomic E-state index is 12.1. The van der Waals surface area contributed by atoms with Crippen molar-refractivity contribution in [2.75, 3.05) is 0 Å². The van der Waals surface area contributed by atoms with E-state index in [1.54, 1.807) is 24.3 Å². The third-order valence-electron chi connectivity index (χ3n) is 3.45. The lowest BCUT2D eigenvalue weighted by molar-refractivity contribution is -0.384. The van der Waals surface area contributed by atoms with Crippen LogP contribution in [0, 0.1) is 10.1 Å². The summed E-state index contributed by atoms with van der Waals surface area (Å²) in [6.45, 7) is 0. The molecular formula is C17H15BrN2O5. The summed E-state index contributed by atoms with van der Waals surface area (Å²) in [6, 6.07) is 11.8. The van der Waals surface area contributed by atoms with E-state index in [9.17, 15) is 24.8 Å². The highest BCUT2D eigenvalue weighted by atomic mass is 79.9. The van der Waals surface area contributed by atoms with Gasteiger partial charge in [-0.1, -0.05) is 40.2 Å². The highest BCUT2D eigenvalue weighted by Crippen LogP contribution is 2.15. The highest BCUT2D eigenvalue weighted by molar-refractivity contribution is 9.10. The molecular weight excluding hydrogens is 392 g/mol. The quantitative estimate of drug-likeness (QED) is 0.542. The van der Waals surface area contributed by atoms with Gasteiger partial charge in [0.2, 0.25) is 5.91 Å². The molecule has 1 atom stereocenters. The highest BCUT2D eigenvalue weighted by Gasteiger charge is 2.21. The number of carbonyl (C=O) groups is 2. The fraction of sp³-hybridized carbons (Fsp3) is 0.176. The van der Waals surface area contributed by atoms with Gasteiger partial charge in [-0.15, -0.1) is 0 Å². The monoisotopic (exact) mass is 406 g/mol. The number of rotatable bonds is 7. The van der Waals surface area contributed by atoms with E-state index in [1.165, 1.54) is 18.2 Å². The Hall–Kier alpha value is -2.74. The van der Waals surface area contributed by atoms with Crippen molar-refractivity contribution in [2.45, 2.75) is 18.9 Å². The van der Waals surface area contributed by atoms with Crippen molar-refractivity contribution in [2.24, 2.45) is 0 Å². The molecule has 2 rings (SSSR count). The third kappa shape index (κ3) is 5.68. The lowest BCUT2D eigenvalue weighted by Gasteiger charge is -2.15. The molecule has 0 fully saturated rings. The average molecular weight is 407 g/mol. The van der Waals surface area contributed by atoms with Crippen molar-refractivity contribution in [3.05, 3.63) is 74.2 Å². The molecule has 0 aliphatic carbocycles. The number of carboxylic acid groups (broad SMARTS) is 1. The van der Waals surface area contributed by atoms with Gasteiger partial charge in [-0.3, -0.25) is 14.9 Å². The smallest absolute Gasteiger partial charge is 0.326 e. The fourth-order valence-electron chi connectivity index (χ4n) is 2.31. The standard InChI is InChI=1S/C17H15BrN2O5/c18-13-5-1-3-11(7-13)9-15(17(22)23)19-16(21)10-12-4-2-6-14(8-12)20(24)25/h1-8,15H,9-10H2,(H,19,21)(H,22,23)/t15-/m0/s1. The largest absolute Gasteiger partial charge is 0.480 e. The number of aliphatic carboxylic acids is 1. The third-order valence-corrected chi connectivity index (χ3v) is 3.94. The van der Waals surface area contributed by atoms with Gasteiger partial charge in [-0.25, -0.2) is 4.79 Å². The van der Waals surface area contributed by atoms with Crippen molar-refractivity contribution in [3.8, 4) is 0 Å². The van der Waals surface area contributed by atoms with Gasteiger partial charge < -0.3 is 10.4 Å². The van der Waals surface area contributed by atoms with Gasteiger partial charge in [-0.2, -0.15) is 0 Å². The van der Waals surface area contributed by atoms with E-state index in [0.717, 1.165) is 10.0 Å². The molecule has 0 saturated heterocycles. The average Bonchev–Trinajstić information content (AvgIpc) is 2.54. The molecule has 0 spiro atoms. The number of carbonyl (C=O) groups excluding carboxylic acids is 1. The van der Waals surface area contributed by atoms with Crippen molar-refractivity contribution < 1.29 is 19.6 Å². The number of carboxylic acids is 1. The summed E-state index contributed by atoms with van der Waals surface area (Å²) in [5.41, 5.74) is 1.09. The first kappa shape index (κ1) is 18.6. The summed E-state index contributed by atoms with van der Waals surface area (Å²) in [5, 5.41) is 22.5. The van der Waals surface area contributed by atoms with E-state index in [4.69, 9.17) is 0 Å². The lowest BCUT2D eigenvalue weighted by Crippen LogP contribution is -2.43. The van der Waals surface area contributed by atoms with E-state index in [2.05, 4.69) is 21.2 Å². The minimum atomic E-state index is -1.15. The van der Waals surface area contributed by atoms with Crippen LogP contribution < -0.4 is 5.32 Å². The van der Waals surface area contributed by atoms with Gasteiger partial charge in [0.1, 0.15) is 6.04 Å². The molecule has 0 saturated carbocycles. The molecule has 130 valence electrons. The number of nitrogens with one attached hydrogen (secondary N) is 1. The van der Waals surface area contributed by atoms with Crippen molar-refractivity contribution in [1.82, 2.24) is 5.32 Å². The van der Waals surface area contributed by atoms with Crippen LogP contribution >= 0.6 is 15.9 Å². The minimum Gasteiger partial charge on any atom is -0.480 e. The first-order chi connectivity index (χ1) is 11.8. The second kappa shape index (κ2) is 8.39. The summed E-state index contributed by atoms with van der Waals surface area (Å²) in [7, 11) is 0. The topological polar surface area (TPSA) is 110 Å². The first-order valence-electron chi connectivity index (χ1n) is 7.35. The maximum Gasteiger partial charge on any atom is 0.326 e. The van der Waals surface area contributed by atoms with Crippen molar-refractivity contribution in [1.29, 1.82) is 0 Å². The molecule has 0 aliphatic heterocycles. The normalized spacial score (nSPS) is 11.6. The van der Waals surface area contributed by atoms with Crippen LogP contribution in [-0.4, -0.2) is 27.9 Å². The zero-order chi connectivity index (χ0) is 18.4. The molecule has 1 amide bonds. The number of halogens is 1. The van der Waals surface area contributed by atoms with Gasteiger partial charge in [-0.05, 0) is 23.3 Å². The Kier molecular flexibility index (Phi) is 6.24. The van der Waals surface area contributed by atoms with Crippen LogP contribution in [0.5, 0.6) is 0 Å². The molecule has 2 N–H and O–H groups in total. The van der Waals surface area contributed by atoms with Crippen LogP contribution in [0.1, 0.15) is 11.1 Å². The molecule has 0 aromatic heterocycles. The van der Waals surface area contributed by atoms with Gasteiger partial charge in [0, 0.05) is 23.0 Å². The Morgan fingerprint density at radius 3 is 2.48 bits per heavy atom. The molecule has 8 heteroatoms. The summed E-state index contributed by atoms with van der Waals surface area (Å²) < 4.78 is 0.817. The van der Waals surface area contributed by atoms with E-state index < -0.39 is 22.8 Å². The number of amides is 1. The number of hydrogen-bond acceptors (Lipinski definition) is 4. The van der Waals surface area contributed by atoms with Crippen LogP contribution in [-0.2, 0) is 22.4 Å². The summed E-state index contributed by atoms with van der Waals surface area (Å²) in [6.07, 6.45) is -0.000600. The number of non-ortho nitro benzene ring substituents is 1. The number of benzene rings is 2. The van der Waals surface area contributed by atoms with Crippen LogP contribution in [0.3, 0.4) is 0 Å². The predicted octanol–water partition coefficient (Wildman–Crippen LogP) is 2.71. The second-order valence-corrected chi connectivity index (χ2v) is 6.31. The molecule has 25 heavy (non-hydrogen) atoms. The number of hydrogen-bond donors (Lipinski definition) is 2. The number of nitrogens with zero attached hydrogens (tertiary/aromatic N) is 1. The minimum absolute atomic E-state index is 0.116. The molecule has 2 aromatic rings. The predicted molar refractivity (Wildman–Crippen MR) is 94.2 cm³/mol. The number of nitro groups is 1. The van der Waals surface area contributed by atoms with E-state index in [-0.39, 0.29) is 18.5 Å². The molecule has 0 bridgehead atoms. The van der Waals surface area contributed by atoms with Crippen LogP contribution in [0.15, 0.2) is 53.0 Å². The molecule has 7 nitrogen and oxygen atoms in total. The second-order valence-electron chi connectivity index (χ2n) is 5.40. The van der Waals surface area contributed by atoms with Gasteiger partial charge in [0.25, 0.3) is 5.69 Å². The summed E-state index contributed by atoms with van der Waals surface area (Å²) in [5.74, 6) is -1.66. The molecule has 2 aromatic carbocycles. The van der Waals surface area contributed by atoms with Gasteiger partial charge in [0.15, 0.2) is 0 Å². The van der Waals surface area contributed by atoms with Crippen molar-refractivity contribution >= 4 is 33.5 Å². The molecule has 0 heterocycles. The van der Waals surface area contributed by atoms with E-state index in [0.29, 0.717) is 5.56 Å². The Morgan fingerprint density at radius 1 is 1.16 bits per heavy atom. The van der Waals surface area contributed by atoms with Crippen LogP contribution in [0.4, 0.5) is 5.69 Å². The van der Waals surface area contributed by atoms with E-state index in [1.807, 2.05) is 6.07 Å². The zero-order valence-electron chi connectivity index (χ0n) is 13.0. The Bertz CT molecular complexity index is 809. The SMILES string of the molecule is O=C(Cc1cccc([N+](=O)[O-])c1)N[C@@H](Cc1cccc(Br)c1)C(=O)O. The lowest BCUT2D eigenvalue weighted by atomic mass is 10.1. The van der Waals surface area contributed by atoms with Crippen LogP contribution in [0.25, 0.3) is 0 Å². The van der Waals surface area contributed by atoms with Crippen LogP contribution in [0.2, 0.25) is 0 Å². The zero-order valence-corrected chi connectivity index (χ0v) is 14.6. The molecule has 0 radical (unpaired) electrons. The van der Waals surface area contributed by atoms with Gasteiger partial charge >= 0.3 is 5.97 Å². The maximum absolute atomic E-state index is 12.1. The summed E-state index contributed by atoms with van der Waals surface area (Å²) >= 11 is 3.31. The number of nitro benzene ring substituents is 1. The van der Waals surface area contributed by atoms with Gasteiger partial charge in [0.05, 0.1) is 11.3 Å². The van der Waals surface area contributed by atoms with Crippen molar-refractivity contribution in [3.63, 3.8) is 0 Å². The first-order valence-corrected chi connectivity index (χ1v) is 8.14. The Balaban J connectivity index is 2.04. The summed E-state index contributed by atoms with van der Waals surface area (Å²) in [4.78, 5) is 33.7. The molecule has 0 unspecified atom stereocenters. The Labute approximate surface area is 152 Å². The molecule has 0 aliphatic rings. The Morgan fingerprint density at radius 2 is 1.84 bits per heavy atom.